The van der Waals surface area contributed by atoms with E-state index in [1.54, 1.807) is 0 Å². The van der Waals surface area contributed by atoms with E-state index in [0.29, 0.717) is 0 Å². The molecule has 0 saturated carbocycles. The van der Waals surface area contributed by atoms with E-state index in [1.807, 2.05) is 0 Å². The van der Waals surface area contributed by atoms with Gasteiger partial charge in [0.15, 0.2) is 0 Å². The highest BCUT2D eigenvalue weighted by Gasteiger charge is 2.17. The second kappa shape index (κ2) is 2.53. The Bertz CT molecular complexity index is 278. The summed E-state index contributed by atoms with van der Waals surface area (Å²) in [5.74, 6) is -0.448. The maximum atomic E-state index is 10.8. The smallest absolute Gasteiger partial charge is 0.321 e. The number of amides is 1. The lowest BCUT2D eigenvalue weighted by Gasteiger charge is -2.07. The first-order valence-electron chi connectivity index (χ1n) is 2.85. The van der Waals surface area contributed by atoms with Crippen LogP contribution in [0.3, 0.4) is 0 Å². The summed E-state index contributed by atoms with van der Waals surface area (Å²) < 4.78 is 4.60. The molecule has 58 valence electrons. The van der Waals surface area contributed by atoms with Crippen molar-refractivity contribution in [2.75, 3.05) is 7.11 Å². The molecule has 0 saturated heterocycles. The van der Waals surface area contributed by atoms with E-state index < -0.39 is 5.91 Å². The molecule has 0 radical (unpaired) electrons. The van der Waals surface area contributed by atoms with Gasteiger partial charge < -0.3 is 10.5 Å². The minimum absolute atomic E-state index is 0.0279. The average molecular weight is 153 g/mol. The molecule has 0 aromatic carbocycles. The van der Waals surface area contributed by atoms with Crippen LogP contribution in [0.25, 0.3) is 0 Å². The molecule has 1 aliphatic heterocycles. The van der Waals surface area contributed by atoms with Gasteiger partial charge in [-0.2, -0.15) is 9.98 Å². The maximum Gasteiger partial charge on any atom is 0.321 e. The van der Waals surface area contributed by atoms with Crippen molar-refractivity contribution in [1.82, 2.24) is 0 Å². The van der Waals surface area contributed by atoms with E-state index in [1.165, 1.54) is 7.11 Å². The van der Waals surface area contributed by atoms with E-state index in [-0.39, 0.29) is 17.4 Å². The predicted molar refractivity (Wildman–Crippen MR) is 40.2 cm³/mol. The van der Waals surface area contributed by atoms with Gasteiger partial charge in [0.1, 0.15) is 5.84 Å². The molecular weight excluding hydrogens is 146 g/mol. The van der Waals surface area contributed by atoms with E-state index in [9.17, 15) is 4.79 Å². The number of hydrogen-bond donors (Lipinski definition) is 1. The lowest BCUT2D eigenvalue weighted by molar-refractivity contribution is -0.114. The van der Waals surface area contributed by atoms with Crippen molar-refractivity contribution >= 4 is 17.8 Å². The van der Waals surface area contributed by atoms with Crippen LogP contribution in [0.2, 0.25) is 0 Å². The van der Waals surface area contributed by atoms with Crippen LogP contribution in [-0.2, 0) is 9.53 Å². The molecule has 5 nitrogen and oxygen atoms in total. The fourth-order valence-corrected chi connectivity index (χ4v) is 0.551. The molecule has 0 spiro atoms. The fraction of sp³-hybridized carbons (Fsp3) is 0.167. The Kier molecular flexibility index (Phi) is 1.72. The zero-order valence-electron chi connectivity index (χ0n) is 6.00. The maximum absolute atomic E-state index is 10.8. The molecule has 1 aliphatic rings. The summed E-state index contributed by atoms with van der Waals surface area (Å²) in [5, 5.41) is 0. The van der Waals surface area contributed by atoms with Gasteiger partial charge in [-0.1, -0.05) is 6.58 Å². The number of amidine groups is 2. The van der Waals surface area contributed by atoms with E-state index in [0.717, 1.165) is 0 Å². The Hall–Kier alpha value is -1.65. The lowest BCUT2D eigenvalue weighted by atomic mass is 10.2. The molecular formula is C6H7N3O2. The minimum atomic E-state index is -0.505. The number of carbonyl (C=O) groups is 1. The number of nitrogens with zero attached hydrogens (tertiary/aromatic N) is 2. The van der Waals surface area contributed by atoms with Gasteiger partial charge in [0.2, 0.25) is 0 Å². The molecule has 0 aromatic heterocycles. The molecule has 11 heavy (non-hydrogen) atoms. The van der Waals surface area contributed by atoms with Gasteiger partial charge in [-0.3, -0.25) is 4.79 Å². The third-order valence-electron chi connectivity index (χ3n) is 1.16. The fourth-order valence-electron chi connectivity index (χ4n) is 0.551. The van der Waals surface area contributed by atoms with Crippen molar-refractivity contribution in [3.05, 3.63) is 12.2 Å². The van der Waals surface area contributed by atoms with Crippen molar-refractivity contribution in [1.29, 1.82) is 0 Å². The standard InChI is InChI=1S/C6H7N3O2/c1-3-4(7)8-6(11-2)9-5(3)10/h1H2,2H3,(H2,7,8,9,10). The molecule has 1 rings (SSSR count). The summed E-state index contributed by atoms with van der Waals surface area (Å²) in [6, 6.07) is -0.0279. The summed E-state index contributed by atoms with van der Waals surface area (Å²) in [5.41, 5.74) is 5.41. The van der Waals surface area contributed by atoms with Gasteiger partial charge in [-0.05, 0) is 0 Å². The van der Waals surface area contributed by atoms with Gasteiger partial charge in [0.05, 0.1) is 12.7 Å². The van der Waals surface area contributed by atoms with Gasteiger partial charge in [0, 0.05) is 0 Å². The topological polar surface area (TPSA) is 77.0 Å². The number of rotatable bonds is 0. The summed E-state index contributed by atoms with van der Waals surface area (Å²) in [6.07, 6.45) is 0. The third-order valence-corrected chi connectivity index (χ3v) is 1.16. The zero-order valence-corrected chi connectivity index (χ0v) is 6.00. The number of ether oxygens (including phenoxy) is 1. The average Bonchev–Trinajstić information content (AvgIpc) is 1.99. The molecule has 0 bridgehead atoms. The van der Waals surface area contributed by atoms with Crippen LogP contribution in [0.4, 0.5) is 0 Å². The highest BCUT2D eigenvalue weighted by atomic mass is 16.5. The molecule has 2 N–H and O–H groups in total. The predicted octanol–water partition coefficient (Wildman–Crippen LogP) is -0.558. The van der Waals surface area contributed by atoms with E-state index >= 15 is 0 Å². The number of methoxy groups -OCH3 is 1. The Morgan fingerprint density at radius 1 is 1.55 bits per heavy atom. The van der Waals surface area contributed by atoms with Crippen molar-refractivity contribution in [2.45, 2.75) is 0 Å². The van der Waals surface area contributed by atoms with Gasteiger partial charge in [-0.25, -0.2) is 0 Å². The van der Waals surface area contributed by atoms with Gasteiger partial charge in [0.25, 0.3) is 5.91 Å². The Labute approximate surface area is 63.3 Å². The Balaban J connectivity index is 3.00. The first kappa shape index (κ1) is 7.46. The summed E-state index contributed by atoms with van der Waals surface area (Å²) in [4.78, 5) is 17.9. The van der Waals surface area contributed by atoms with Gasteiger partial charge >= 0.3 is 6.02 Å². The van der Waals surface area contributed by atoms with Gasteiger partial charge in [-0.15, -0.1) is 0 Å². The first-order valence-corrected chi connectivity index (χ1v) is 2.85. The summed E-state index contributed by atoms with van der Waals surface area (Å²) in [6.45, 7) is 3.38. The van der Waals surface area contributed by atoms with Crippen molar-refractivity contribution in [2.24, 2.45) is 15.7 Å². The zero-order chi connectivity index (χ0) is 8.43. The monoisotopic (exact) mass is 153 g/mol. The molecule has 1 heterocycles. The van der Waals surface area contributed by atoms with E-state index in [2.05, 4.69) is 21.3 Å². The number of hydrogen-bond acceptors (Lipinski definition) is 4. The first-order chi connectivity index (χ1) is 5.15. The highest BCUT2D eigenvalue weighted by molar-refractivity contribution is 6.26. The molecule has 0 atom stereocenters. The van der Waals surface area contributed by atoms with Crippen LogP contribution in [0, 0.1) is 0 Å². The van der Waals surface area contributed by atoms with Crippen LogP contribution < -0.4 is 5.73 Å². The second-order valence-electron chi connectivity index (χ2n) is 1.88. The second-order valence-corrected chi connectivity index (χ2v) is 1.88. The number of carbonyl (C=O) groups excluding carboxylic acids is 1. The quantitative estimate of drug-likeness (QED) is 0.474. The molecule has 0 aliphatic carbocycles. The van der Waals surface area contributed by atoms with Crippen LogP contribution in [0.1, 0.15) is 0 Å². The largest absolute Gasteiger partial charge is 0.467 e. The van der Waals surface area contributed by atoms with Crippen molar-refractivity contribution < 1.29 is 9.53 Å². The van der Waals surface area contributed by atoms with Crippen LogP contribution in [0.15, 0.2) is 22.1 Å². The Morgan fingerprint density at radius 2 is 2.18 bits per heavy atom. The highest BCUT2D eigenvalue weighted by Crippen LogP contribution is 2.02. The van der Waals surface area contributed by atoms with Crippen LogP contribution in [0.5, 0.6) is 0 Å². The van der Waals surface area contributed by atoms with Crippen LogP contribution in [-0.4, -0.2) is 24.9 Å². The molecule has 0 aromatic rings. The normalized spacial score (nSPS) is 17.5. The molecule has 0 fully saturated rings. The van der Waals surface area contributed by atoms with Crippen molar-refractivity contribution in [3.63, 3.8) is 0 Å². The summed E-state index contributed by atoms with van der Waals surface area (Å²) >= 11 is 0. The molecule has 1 amide bonds. The molecule has 0 unspecified atom stereocenters. The van der Waals surface area contributed by atoms with Crippen molar-refractivity contribution in [3.8, 4) is 0 Å². The number of nitrogens with two attached hydrogens (primary N) is 1. The van der Waals surface area contributed by atoms with Crippen LogP contribution >= 0.6 is 0 Å². The Morgan fingerprint density at radius 3 is 2.64 bits per heavy atom. The molecule has 5 heteroatoms. The van der Waals surface area contributed by atoms with E-state index in [4.69, 9.17) is 5.73 Å². The number of aliphatic imine (C=N–C) groups is 2. The third kappa shape index (κ3) is 1.26. The SMILES string of the molecule is C=C1C(=O)N=C(OC)N=C1N. The summed E-state index contributed by atoms with van der Waals surface area (Å²) in [7, 11) is 1.36. The minimum Gasteiger partial charge on any atom is -0.467 e. The lowest BCUT2D eigenvalue weighted by Crippen LogP contribution is -2.26.